The monoisotopic (exact) mass is 219 g/mol. The molecule has 3 N–H and O–H groups in total. The van der Waals surface area contributed by atoms with Gasteiger partial charge in [-0.3, -0.25) is 4.91 Å². The van der Waals surface area contributed by atoms with E-state index in [1.165, 1.54) is 4.91 Å². The zero-order chi connectivity index (χ0) is 7.21. The summed E-state index contributed by atoms with van der Waals surface area (Å²) < 4.78 is 8.88. The summed E-state index contributed by atoms with van der Waals surface area (Å²) in [6.07, 6.45) is 0. The van der Waals surface area contributed by atoms with Crippen molar-refractivity contribution < 1.29 is 123 Å². The molecule has 50 valence electrons. The molecule has 0 aromatic heterocycles. The van der Waals surface area contributed by atoms with Crippen molar-refractivity contribution in [2.75, 3.05) is 0 Å². The molecule has 0 atom stereocenters. The minimum absolute atomic E-state index is 0. The fourth-order valence-corrected chi connectivity index (χ4v) is 0. The number of nitrogens with zero attached hydrogens (tertiary/aromatic N) is 3. The maximum absolute atomic E-state index is 8.88. The Morgan fingerprint density at radius 3 is 1.20 bits per heavy atom. The van der Waals surface area contributed by atoms with Gasteiger partial charge in [0.25, 0.3) is 0 Å². The second-order valence-corrected chi connectivity index (χ2v) is 1.63. The van der Waals surface area contributed by atoms with Gasteiger partial charge in [-0.15, -0.1) is 0 Å². The van der Waals surface area contributed by atoms with Gasteiger partial charge in [-0.2, -0.15) is 0 Å². The molecule has 0 aromatic rings. The Morgan fingerprint density at radius 1 is 1.20 bits per heavy atom. The van der Waals surface area contributed by atoms with Gasteiger partial charge in [-0.25, -0.2) is 4.57 Å². The standard InChI is InChI=1S/2K.N3.H3O4P.H/c;;1-3-2;1-5(2,3)4;/h;;;(H3,1,2,3,4);/q2*+1;-1;;-1. The van der Waals surface area contributed by atoms with Crippen molar-refractivity contribution in [1.82, 2.24) is 0 Å². The Bertz CT molecular complexity index is 121. The summed E-state index contributed by atoms with van der Waals surface area (Å²) in [6, 6.07) is 0. The Labute approximate surface area is 144 Å². The van der Waals surface area contributed by atoms with Gasteiger partial charge in [0.2, 0.25) is 0 Å². The van der Waals surface area contributed by atoms with Crippen LogP contribution in [-0.2, 0) is 4.57 Å². The van der Waals surface area contributed by atoms with Crippen LogP contribution in [0.5, 0.6) is 0 Å². The van der Waals surface area contributed by atoms with Gasteiger partial charge < -0.3 is 27.2 Å². The number of hydrogen-bond acceptors (Lipinski definition) is 1. The molecule has 0 bridgehead atoms. The summed E-state index contributed by atoms with van der Waals surface area (Å²) in [5.41, 5.74) is 13.5. The van der Waals surface area contributed by atoms with Gasteiger partial charge in [0, 0.05) is 0 Å². The maximum Gasteiger partial charge on any atom is 1.00 e. The van der Waals surface area contributed by atoms with Crippen LogP contribution in [0.1, 0.15) is 1.43 Å². The van der Waals surface area contributed by atoms with Crippen molar-refractivity contribution >= 4 is 7.82 Å². The van der Waals surface area contributed by atoms with Crippen molar-refractivity contribution in [3.8, 4) is 0 Å². The van der Waals surface area contributed by atoms with Crippen molar-refractivity contribution in [3.05, 3.63) is 16.0 Å². The molecule has 0 rings (SSSR count). The van der Waals surface area contributed by atoms with Crippen molar-refractivity contribution in [2.24, 2.45) is 0 Å². The summed E-state index contributed by atoms with van der Waals surface area (Å²) in [4.78, 5) is 23.1. The third-order valence-corrected chi connectivity index (χ3v) is 0. The first kappa shape index (κ1) is 23.0. The van der Waals surface area contributed by atoms with Crippen LogP contribution in [0.15, 0.2) is 0 Å². The Morgan fingerprint density at radius 2 is 1.20 bits per heavy atom. The van der Waals surface area contributed by atoms with Crippen LogP contribution in [0.2, 0.25) is 0 Å². The normalized spacial score (nSPS) is 6.70. The van der Waals surface area contributed by atoms with E-state index in [9.17, 15) is 0 Å². The number of rotatable bonds is 0. The minimum atomic E-state index is -4.64. The quantitative estimate of drug-likeness (QED) is 0.123. The molecular formula is H4K2N3O4P. The molecule has 0 unspecified atom stereocenters. The van der Waals surface area contributed by atoms with E-state index < -0.39 is 7.82 Å². The summed E-state index contributed by atoms with van der Waals surface area (Å²) in [5, 5.41) is 0. The van der Waals surface area contributed by atoms with Gasteiger partial charge in [-0.05, 0) is 0 Å². The Hall–Kier alpha value is 2.69. The van der Waals surface area contributed by atoms with Gasteiger partial charge in [0.1, 0.15) is 0 Å². The third-order valence-electron chi connectivity index (χ3n) is 0. The zero-order valence-corrected chi connectivity index (χ0v) is 12.7. The van der Waals surface area contributed by atoms with Crippen molar-refractivity contribution in [1.29, 1.82) is 0 Å². The molecule has 0 aliphatic rings. The molecule has 0 saturated heterocycles. The van der Waals surface area contributed by atoms with Crippen LogP contribution in [0.25, 0.3) is 16.0 Å². The molecule has 7 nitrogen and oxygen atoms in total. The van der Waals surface area contributed by atoms with Crippen LogP contribution in [0, 0.1) is 0 Å². The third kappa shape index (κ3) is 139. The number of phosphoric acid groups is 1. The predicted molar refractivity (Wildman–Crippen MR) is 25.5 cm³/mol. The first-order valence-corrected chi connectivity index (χ1v) is 2.75. The van der Waals surface area contributed by atoms with E-state index in [2.05, 4.69) is 0 Å². The largest absolute Gasteiger partial charge is 1.00 e. The zero-order valence-electron chi connectivity index (χ0n) is 6.54. The summed E-state index contributed by atoms with van der Waals surface area (Å²) in [5.74, 6) is 0. The van der Waals surface area contributed by atoms with Crippen molar-refractivity contribution in [3.63, 3.8) is 0 Å². The van der Waals surface area contributed by atoms with E-state index >= 15 is 0 Å². The molecule has 0 fully saturated rings. The van der Waals surface area contributed by atoms with E-state index in [1.807, 2.05) is 0 Å². The molecule has 0 saturated carbocycles. The minimum Gasteiger partial charge on any atom is -1.00 e. The van der Waals surface area contributed by atoms with Gasteiger partial charge >= 0.3 is 111 Å². The Kier molecular flexibility index (Phi) is 32.7. The van der Waals surface area contributed by atoms with Crippen LogP contribution in [0.4, 0.5) is 0 Å². The topological polar surface area (TPSA) is 136 Å². The molecule has 0 spiro atoms. The fourth-order valence-electron chi connectivity index (χ4n) is 0. The van der Waals surface area contributed by atoms with Gasteiger partial charge in [-0.1, -0.05) is 0 Å². The maximum atomic E-state index is 8.88. The molecule has 0 heterocycles. The van der Waals surface area contributed by atoms with E-state index in [4.69, 9.17) is 30.3 Å². The average molecular weight is 219 g/mol. The average Bonchev–Trinajstić information content (AvgIpc) is 1.27. The summed E-state index contributed by atoms with van der Waals surface area (Å²) >= 11 is 0. The van der Waals surface area contributed by atoms with E-state index in [0.29, 0.717) is 0 Å². The SMILES string of the molecule is O=P(O)(O)O.[H-].[K+].[K+].[N-]=[N+]=[N-]. The summed E-state index contributed by atoms with van der Waals surface area (Å²) in [7, 11) is -4.64. The molecule has 0 aromatic carbocycles. The van der Waals surface area contributed by atoms with E-state index in [-0.39, 0.29) is 104 Å². The fraction of sp³-hybridized carbons (Fsp3) is 0. The van der Waals surface area contributed by atoms with E-state index in [0.717, 1.165) is 0 Å². The molecule has 10 heavy (non-hydrogen) atoms. The smallest absolute Gasteiger partial charge is 1.00 e. The molecule has 10 heteroatoms. The molecule has 0 aliphatic carbocycles. The first-order chi connectivity index (χ1) is 3.41. The molecular weight excluding hydrogens is 215 g/mol. The van der Waals surface area contributed by atoms with Crippen LogP contribution in [-0.4, -0.2) is 14.7 Å². The van der Waals surface area contributed by atoms with Crippen LogP contribution < -0.4 is 103 Å². The van der Waals surface area contributed by atoms with Crippen molar-refractivity contribution in [2.45, 2.75) is 0 Å². The predicted octanol–water partition coefficient (Wildman–Crippen LogP) is -5.94. The number of hydrogen-bond donors (Lipinski definition) is 3. The molecule has 0 aliphatic heterocycles. The molecule has 0 amide bonds. The Balaban J connectivity index is -0.0000000183. The van der Waals surface area contributed by atoms with Crippen LogP contribution >= 0.6 is 7.82 Å². The first-order valence-electron chi connectivity index (χ1n) is 1.18. The summed E-state index contributed by atoms with van der Waals surface area (Å²) in [6.45, 7) is 0. The van der Waals surface area contributed by atoms with Gasteiger partial charge in [0.15, 0.2) is 0 Å². The second kappa shape index (κ2) is 14.2. The molecule has 0 radical (unpaired) electrons. The van der Waals surface area contributed by atoms with E-state index in [1.54, 1.807) is 0 Å². The van der Waals surface area contributed by atoms with Crippen LogP contribution in [0.3, 0.4) is 0 Å². The van der Waals surface area contributed by atoms with Gasteiger partial charge in [0.05, 0.1) is 0 Å². The second-order valence-electron chi connectivity index (χ2n) is 0.603.